The second-order valence-electron chi connectivity index (χ2n) is 3.97. The van der Waals surface area contributed by atoms with E-state index in [1.165, 1.54) is 24.3 Å². The van der Waals surface area contributed by atoms with E-state index in [9.17, 15) is 17.6 Å². The summed E-state index contributed by atoms with van der Waals surface area (Å²) in [6, 6.07) is 6.68. The third-order valence-electron chi connectivity index (χ3n) is 2.48. The highest BCUT2D eigenvalue weighted by atomic mass is 79.9. The van der Waals surface area contributed by atoms with Crippen molar-refractivity contribution in [3.8, 4) is 0 Å². The Morgan fingerprint density at radius 3 is 2.62 bits per heavy atom. The van der Waals surface area contributed by atoms with Crippen molar-refractivity contribution in [2.24, 2.45) is 0 Å². The first-order valence-electron chi connectivity index (χ1n) is 5.54. The van der Waals surface area contributed by atoms with Crippen LogP contribution in [0.25, 0.3) is 0 Å². The van der Waals surface area contributed by atoms with Gasteiger partial charge in [0.25, 0.3) is 15.0 Å². The molecular weight excluding hydrogens is 405 g/mol. The van der Waals surface area contributed by atoms with Crippen LogP contribution in [0.1, 0.15) is 15.2 Å². The lowest BCUT2D eigenvalue weighted by Gasteiger charge is -2.05. The molecule has 0 aliphatic carbocycles. The average molecular weight is 413 g/mol. The predicted molar refractivity (Wildman–Crippen MR) is 82.6 cm³/mol. The van der Waals surface area contributed by atoms with Gasteiger partial charge in [-0.25, -0.2) is 12.8 Å². The molecule has 112 valence electrons. The first kappa shape index (κ1) is 16.4. The first-order chi connectivity index (χ1) is 9.77. The summed E-state index contributed by atoms with van der Waals surface area (Å²) in [5.74, 6) is -0.848. The van der Waals surface area contributed by atoms with Crippen molar-refractivity contribution in [3.63, 3.8) is 0 Å². The van der Waals surface area contributed by atoms with E-state index in [0.717, 1.165) is 11.3 Å². The van der Waals surface area contributed by atoms with Crippen LogP contribution in [0.3, 0.4) is 0 Å². The fourth-order valence-corrected chi connectivity index (χ4v) is 4.11. The van der Waals surface area contributed by atoms with E-state index in [2.05, 4.69) is 21.2 Å². The molecule has 4 nitrogen and oxygen atoms in total. The number of hydrogen-bond acceptors (Lipinski definition) is 4. The van der Waals surface area contributed by atoms with Gasteiger partial charge in [0.2, 0.25) is 0 Å². The lowest BCUT2D eigenvalue weighted by molar-refractivity contribution is 0.0950. The van der Waals surface area contributed by atoms with Crippen LogP contribution >= 0.6 is 37.9 Å². The summed E-state index contributed by atoms with van der Waals surface area (Å²) in [7, 11) is 1.46. The van der Waals surface area contributed by atoms with E-state index in [4.69, 9.17) is 10.7 Å². The van der Waals surface area contributed by atoms with Gasteiger partial charge in [-0.1, -0.05) is 0 Å². The van der Waals surface area contributed by atoms with E-state index < -0.39 is 20.8 Å². The van der Waals surface area contributed by atoms with Crippen molar-refractivity contribution in [1.29, 1.82) is 0 Å². The van der Waals surface area contributed by atoms with Gasteiger partial charge >= 0.3 is 0 Å². The number of thiophene rings is 1. The van der Waals surface area contributed by atoms with E-state index in [1.807, 2.05) is 0 Å². The third kappa shape index (κ3) is 4.26. The summed E-state index contributed by atoms with van der Waals surface area (Å²) in [6.07, 6.45) is 0. The van der Waals surface area contributed by atoms with Gasteiger partial charge in [0.1, 0.15) is 10.0 Å². The largest absolute Gasteiger partial charge is 0.347 e. The molecule has 2 aromatic rings. The molecule has 0 unspecified atom stereocenters. The Hall–Kier alpha value is -0.960. The lowest BCUT2D eigenvalue weighted by atomic mass is 10.2. The second-order valence-corrected chi connectivity index (χ2v) is 8.78. The molecule has 0 bridgehead atoms. The highest BCUT2D eigenvalue weighted by molar-refractivity contribution is 9.10. The summed E-state index contributed by atoms with van der Waals surface area (Å²) in [6.45, 7) is 0.153. The van der Waals surface area contributed by atoms with Crippen LogP contribution in [0.2, 0.25) is 0 Å². The van der Waals surface area contributed by atoms with Crippen molar-refractivity contribution in [3.05, 3.63) is 51.1 Å². The zero-order chi connectivity index (χ0) is 15.6. The number of benzene rings is 1. The van der Waals surface area contributed by atoms with Crippen LogP contribution in [-0.2, 0) is 15.6 Å². The van der Waals surface area contributed by atoms with E-state index in [-0.39, 0.29) is 16.3 Å². The minimum Gasteiger partial charge on any atom is -0.347 e. The molecule has 0 radical (unpaired) electrons. The second kappa shape index (κ2) is 6.43. The fraction of sp³-hybridized carbons (Fsp3) is 0.0833. The Balaban J connectivity index is 2.06. The fourth-order valence-electron chi connectivity index (χ4n) is 1.52. The molecule has 1 aromatic carbocycles. The number of rotatable bonds is 4. The van der Waals surface area contributed by atoms with Crippen LogP contribution in [0, 0.1) is 5.82 Å². The molecule has 0 spiro atoms. The normalized spacial score (nSPS) is 11.4. The van der Waals surface area contributed by atoms with Crippen molar-refractivity contribution in [1.82, 2.24) is 5.32 Å². The van der Waals surface area contributed by atoms with E-state index >= 15 is 0 Å². The molecule has 21 heavy (non-hydrogen) atoms. The van der Waals surface area contributed by atoms with Gasteiger partial charge in [0.15, 0.2) is 0 Å². The minimum atomic E-state index is -3.76. The number of hydrogen-bond donors (Lipinski definition) is 1. The highest BCUT2D eigenvalue weighted by Crippen LogP contribution is 2.25. The van der Waals surface area contributed by atoms with Crippen LogP contribution in [0.5, 0.6) is 0 Å². The van der Waals surface area contributed by atoms with Crippen LogP contribution in [0.4, 0.5) is 4.39 Å². The van der Waals surface area contributed by atoms with Gasteiger partial charge < -0.3 is 5.32 Å². The number of carbonyl (C=O) groups excluding carboxylic acids is 1. The zero-order valence-corrected chi connectivity index (χ0v) is 14.2. The maximum absolute atomic E-state index is 12.9. The lowest BCUT2D eigenvalue weighted by Crippen LogP contribution is -2.22. The van der Waals surface area contributed by atoms with Crippen molar-refractivity contribution < 1.29 is 17.6 Å². The average Bonchev–Trinajstić information content (AvgIpc) is 2.84. The third-order valence-corrected chi connectivity index (χ3v) is 6.31. The Bertz CT molecular complexity index is 792. The topological polar surface area (TPSA) is 63.2 Å². The van der Waals surface area contributed by atoms with Crippen LogP contribution < -0.4 is 5.32 Å². The summed E-state index contributed by atoms with van der Waals surface area (Å²) in [5.41, 5.74) is 0.290. The maximum atomic E-state index is 12.9. The molecular formula is C12H8BrClFNO3S2. The Morgan fingerprint density at radius 1 is 1.33 bits per heavy atom. The Kier molecular flexibility index (Phi) is 5.03. The molecule has 0 saturated carbocycles. The summed E-state index contributed by atoms with van der Waals surface area (Å²) in [5, 5.41) is 2.62. The number of nitrogens with one attached hydrogen (secondary N) is 1. The molecule has 9 heteroatoms. The minimum absolute atomic E-state index is 0.0244. The molecule has 0 saturated heterocycles. The highest BCUT2D eigenvalue weighted by Gasteiger charge is 2.14. The van der Waals surface area contributed by atoms with Gasteiger partial charge in [-0.15, -0.1) is 11.3 Å². The van der Waals surface area contributed by atoms with Gasteiger partial charge in [-0.05, 0) is 46.3 Å². The maximum Gasteiger partial charge on any atom is 0.270 e. The molecule has 0 fully saturated rings. The number of halogens is 3. The number of carbonyl (C=O) groups is 1. The van der Waals surface area contributed by atoms with Crippen molar-refractivity contribution >= 4 is 52.9 Å². The smallest absolute Gasteiger partial charge is 0.270 e. The van der Waals surface area contributed by atoms with Gasteiger partial charge in [0.05, 0.1) is 12.1 Å². The van der Waals surface area contributed by atoms with Crippen molar-refractivity contribution in [2.75, 3.05) is 0 Å². The monoisotopic (exact) mass is 411 g/mol. The quantitative estimate of drug-likeness (QED) is 0.782. The van der Waals surface area contributed by atoms with Gasteiger partial charge in [-0.3, -0.25) is 4.79 Å². The summed E-state index contributed by atoms with van der Waals surface area (Å²) < 4.78 is 35.6. The molecule has 1 N–H and O–H groups in total. The molecule has 0 atom stereocenters. The molecule has 2 rings (SSSR count). The number of amides is 1. The van der Waals surface area contributed by atoms with Crippen LogP contribution in [0.15, 0.2) is 39.0 Å². The Morgan fingerprint density at radius 2 is 2.05 bits per heavy atom. The van der Waals surface area contributed by atoms with E-state index in [1.54, 1.807) is 6.07 Å². The molecule has 1 amide bonds. The Labute approximate surface area is 137 Å². The van der Waals surface area contributed by atoms with Crippen LogP contribution in [-0.4, -0.2) is 14.3 Å². The zero-order valence-electron chi connectivity index (χ0n) is 10.3. The molecule has 1 aromatic heterocycles. The molecule has 1 heterocycles. The predicted octanol–water partition coefficient (Wildman–Crippen LogP) is 3.51. The standard InChI is InChI=1S/C12H8BrClFNO3S2/c13-10-5-7(15)1-3-9(10)12(17)16-6-8-2-4-11(20-8)21(14,18)19/h1-5H,6H2,(H,16,17). The van der Waals surface area contributed by atoms with E-state index in [0.29, 0.717) is 9.35 Å². The molecule has 0 aliphatic heterocycles. The van der Waals surface area contributed by atoms with Gasteiger partial charge in [-0.2, -0.15) is 0 Å². The van der Waals surface area contributed by atoms with Gasteiger partial charge in [0, 0.05) is 20.0 Å². The molecule has 0 aliphatic rings. The summed E-state index contributed by atoms with van der Waals surface area (Å²) in [4.78, 5) is 12.6. The first-order valence-corrected chi connectivity index (χ1v) is 9.46. The van der Waals surface area contributed by atoms with Crippen molar-refractivity contribution in [2.45, 2.75) is 10.8 Å². The SMILES string of the molecule is O=C(NCc1ccc(S(=O)(=O)Cl)s1)c1ccc(F)cc1Br. The summed E-state index contributed by atoms with van der Waals surface area (Å²) >= 11 is 4.09.